The lowest BCUT2D eigenvalue weighted by Gasteiger charge is -2.28. The lowest BCUT2D eigenvalue weighted by molar-refractivity contribution is -0.138. The van der Waals surface area contributed by atoms with Gasteiger partial charge in [0, 0.05) is 37.1 Å². The maximum atomic E-state index is 13.4. The van der Waals surface area contributed by atoms with E-state index in [1.807, 2.05) is 6.92 Å². The number of hydrogen-bond donors (Lipinski definition) is 0. The highest BCUT2D eigenvalue weighted by molar-refractivity contribution is 5.96. The average molecular weight is 582 g/mol. The van der Waals surface area contributed by atoms with Gasteiger partial charge in [-0.25, -0.2) is 0 Å². The minimum Gasteiger partial charge on any atom is -0.345 e. The molecule has 0 radical (unpaired) electrons. The molecule has 0 saturated carbocycles. The SMILES string of the molecule is CCCCCN(Cc1cccn1Cc1cccc(C(F)(F)F)c1)C(=O)CN(CC)C(=O)c1cccc(C(F)(F)F)c1. The zero-order valence-electron chi connectivity index (χ0n) is 22.9. The van der Waals surface area contributed by atoms with Gasteiger partial charge in [-0.15, -0.1) is 0 Å². The first-order chi connectivity index (χ1) is 19.3. The number of likely N-dealkylation sites (N-methyl/N-ethyl adjacent to an activating group) is 1. The van der Waals surface area contributed by atoms with Crippen LogP contribution in [0.5, 0.6) is 0 Å². The first-order valence-corrected chi connectivity index (χ1v) is 13.4. The fraction of sp³-hybridized carbons (Fsp3) is 0.400. The molecule has 0 fully saturated rings. The molecule has 0 N–H and O–H groups in total. The van der Waals surface area contributed by atoms with Gasteiger partial charge in [-0.05, 0) is 61.4 Å². The van der Waals surface area contributed by atoms with E-state index in [2.05, 4.69) is 0 Å². The van der Waals surface area contributed by atoms with Crippen LogP contribution in [0.4, 0.5) is 26.3 Å². The van der Waals surface area contributed by atoms with Gasteiger partial charge in [0.2, 0.25) is 5.91 Å². The minimum absolute atomic E-state index is 0.107. The number of carbonyl (C=O) groups is 2. The smallest absolute Gasteiger partial charge is 0.345 e. The Hall–Kier alpha value is -3.76. The number of alkyl halides is 6. The molecule has 11 heteroatoms. The Labute approximate surface area is 235 Å². The Bertz CT molecular complexity index is 1320. The van der Waals surface area contributed by atoms with Gasteiger partial charge in [0.1, 0.15) is 6.54 Å². The van der Waals surface area contributed by atoms with Crippen LogP contribution < -0.4 is 0 Å². The Balaban J connectivity index is 1.78. The van der Waals surface area contributed by atoms with Gasteiger partial charge in [-0.1, -0.05) is 38.0 Å². The van der Waals surface area contributed by atoms with Crippen molar-refractivity contribution in [2.75, 3.05) is 19.6 Å². The number of hydrogen-bond acceptors (Lipinski definition) is 2. The van der Waals surface area contributed by atoms with Crippen LogP contribution in [0.15, 0.2) is 66.9 Å². The largest absolute Gasteiger partial charge is 0.416 e. The van der Waals surface area contributed by atoms with Gasteiger partial charge in [0.15, 0.2) is 0 Å². The second-order valence-corrected chi connectivity index (χ2v) is 9.75. The number of rotatable bonds is 12. The van der Waals surface area contributed by atoms with Crippen molar-refractivity contribution in [3.63, 3.8) is 0 Å². The number of amides is 2. The summed E-state index contributed by atoms with van der Waals surface area (Å²) in [4.78, 5) is 29.3. The molecule has 1 aromatic heterocycles. The molecule has 0 spiro atoms. The molecule has 41 heavy (non-hydrogen) atoms. The van der Waals surface area contributed by atoms with E-state index in [1.54, 1.807) is 40.8 Å². The van der Waals surface area contributed by atoms with E-state index < -0.39 is 29.4 Å². The van der Waals surface area contributed by atoms with Gasteiger partial charge in [0.25, 0.3) is 5.91 Å². The minimum atomic E-state index is -4.61. The average Bonchev–Trinajstić information content (AvgIpc) is 3.36. The second kappa shape index (κ2) is 13.7. The van der Waals surface area contributed by atoms with Crippen LogP contribution in [0.2, 0.25) is 0 Å². The van der Waals surface area contributed by atoms with Gasteiger partial charge in [-0.3, -0.25) is 9.59 Å². The van der Waals surface area contributed by atoms with E-state index in [0.29, 0.717) is 24.2 Å². The molecular formula is C30H33F6N3O2. The molecular weight excluding hydrogens is 548 g/mol. The van der Waals surface area contributed by atoms with Crippen molar-refractivity contribution in [2.45, 2.75) is 58.6 Å². The maximum Gasteiger partial charge on any atom is 0.416 e. The molecule has 0 unspecified atom stereocenters. The molecule has 5 nitrogen and oxygen atoms in total. The number of unbranched alkanes of at least 4 members (excludes halogenated alkanes) is 2. The lowest BCUT2D eigenvalue weighted by Crippen LogP contribution is -2.43. The highest BCUT2D eigenvalue weighted by Gasteiger charge is 2.32. The predicted molar refractivity (Wildman–Crippen MR) is 143 cm³/mol. The number of carbonyl (C=O) groups excluding carboxylic acids is 2. The standard InChI is InChI=1S/C30H33F6N3O2/c1-3-5-6-15-39(20-26-14-9-16-38(26)19-22-10-7-12-24(17-22)29(31,32)33)27(40)21-37(4-2)28(41)23-11-8-13-25(18-23)30(34,35)36/h7-14,16-18H,3-6,15,19-21H2,1-2H3. The summed E-state index contributed by atoms with van der Waals surface area (Å²) in [6.07, 6.45) is -4.89. The van der Waals surface area contributed by atoms with E-state index >= 15 is 0 Å². The summed E-state index contributed by atoms with van der Waals surface area (Å²) in [6.45, 7) is 4.14. The predicted octanol–water partition coefficient (Wildman–Crippen LogP) is 7.26. The van der Waals surface area contributed by atoms with E-state index in [-0.39, 0.29) is 37.6 Å². The fourth-order valence-corrected chi connectivity index (χ4v) is 4.43. The number of aromatic nitrogens is 1. The van der Waals surface area contributed by atoms with Crippen LogP contribution >= 0.6 is 0 Å². The summed E-state index contributed by atoms with van der Waals surface area (Å²) < 4.78 is 80.8. The second-order valence-electron chi connectivity index (χ2n) is 9.75. The van der Waals surface area contributed by atoms with Crippen LogP contribution in [0.3, 0.4) is 0 Å². The Morgan fingerprint density at radius 2 is 1.46 bits per heavy atom. The summed E-state index contributed by atoms with van der Waals surface area (Å²) in [6, 6.07) is 12.7. The van der Waals surface area contributed by atoms with E-state index in [1.165, 1.54) is 17.0 Å². The fourth-order valence-electron chi connectivity index (χ4n) is 4.43. The zero-order chi connectivity index (χ0) is 30.2. The van der Waals surface area contributed by atoms with Gasteiger partial charge < -0.3 is 14.4 Å². The van der Waals surface area contributed by atoms with Crippen molar-refractivity contribution in [2.24, 2.45) is 0 Å². The molecule has 3 rings (SSSR count). The molecule has 0 aliphatic heterocycles. The summed E-state index contributed by atoms with van der Waals surface area (Å²) in [5, 5.41) is 0. The topological polar surface area (TPSA) is 45.6 Å². The van der Waals surface area contributed by atoms with Crippen molar-refractivity contribution in [1.82, 2.24) is 14.4 Å². The van der Waals surface area contributed by atoms with Gasteiger partial charge in [0.05, 0.1) is 17.7 Å². The quantitative estimate of drug-likeness (QED) is 0.167. The highest BCUT2D eigenvalue weighted by atomic mass is 19.4. The molecule has 222 valence electrons. The summed E-state index contributed by atoms with van der Waals surface area (Å²) >= 11 is 0. The Morgan fingerprint density at radius 1 is 0.805 bits per heavy atom. The molecule has 0 aliphatic carbocycles. The van der Waals surface area contributed by atoms with Crippen LogP contribution in [0, 0.1) is 0 Å². The lowest BCUT2D eigenvalue weighted by atomic mass is 10.1. The maximum absolute atomic E-state index is 13.4. The highest BCUT2D eigenvalue weighted by Crippen LogP contribution is 2.31. The van der Waals surface area contributed by atoms with E-state index in [4.69, 9.17) is 0 Å². The van der Waals surface area contributed by atoms with Gasteiger partial charge >= 0.3 is 12.4 Å². The van der Waals surface area contributed by atoms with Crippen LogP contribution in [-0.4, -0.2) is 45.8 Å². The van der Waals surface area contributed by atoms with Crippen molar-refractivity contribution in [3.05, 3.63) is 94.8 Å². The molecule has 1 heterocycles. The third-order valence-corrected chi connectivity index (χ3v) is 6.70. The van der Waals surface area contributed by atoms with Gasteiger partial charge in [-0.2, -0.15) is 26.3 Å². The third kappa shape index (κ3) is 8.86. The molecule has 2 aromatic carbocycles. The monoisotopic (exact) mass is 581 g/mol. The molecule has 2 amide bonds. The van der Waals surface area contributed by atoms with Crippen molar-refractivity contribution < 1.29 is 35.9 Å². The zero-order valence-corrected chi connectivity index (χ0v) is 22.9. The molecule has 0 aliphatic rings. The van der Waals surface area contributed by atoms with Crippen molar-refractivity contribution >= 4 is 11.8 Å². The van der Waals surface area contributed by atoms with Crippen molar-refractivity contribution in [3.8, 4) is 0 Å². The molecule has 0 saturated heterocycles. The molecule has 3 aromatic rings. The number of nitrogens with zero attached hydrogens (tertiary/aromatic N) is 3. The van der Waals surface area contributed by atoms with Crippen molar-refractivity contribution in [1.29, 1.82) is 0 Å². The summed E-state index contributed by atoms with van der Waals surface area (Å²) in [5.41, 5.74) is -0.718. The van der Waals surface area contributed by atoms with Crippen LogP contribution in [0.1, 0.15) is 65.9 Å². The summed E-state index contributed by atoms with van der Waals surface area (Å²) in [7, 11) is 0. The number of benzene rings is 2. The van der Waals surface area contributed by atoms with E-state index in [9.17, 15) is 35.9 Å². The number of halogens is 6. The summed E-state index contributed by atoms with van der Waals surface area (Å²) in [5.74, 6) is -1.07. The normalized spacial score (nSPS) is 11.9. The van der Waals surface area contributed by atoms with Crippen LogP contribution in [0.25, 0.3) is 0 Å². The first kappa shape index (κ1) is 31.8. The molecule has 0 bridgehead atoms. The van der Waals surface area contributed by atoms with Crippen LogP contribution in [-0.2, 0) is 30.2 Å². The molecule has 0 atom stereocenters. The Kier molecular flexibility index (Phi) is 10.6. The Morgan fingerprint density at radius 3 is 2.10 bits per heavy atom. The van der Waals surface area contributed by atoms with E-state index in [0.717, 1.165) is 43.2 Å². The first-order valence-electron chi connectivity index (χ1n) is 13.4. The third-order valence-electron chi connectivity index (χ3n) is 6.70.